The number of hydrogen-bond acceptors (Lipinski definition) is 3. The van der Waals surface area contributed by atoms with Gasteiger partial charge in [0.15, 0.2) is 5.82 Å². The molecule has 1 amide bonds. The van der Waals surface area contributed by atoms with Gasteiger partial charge in [-0.15, -0.1) is 0 Å². The predicted molar refractivity (Wildman–Crippen MR) is 108 cm³/mol. The van der Waals surface area contributed by atoms with E-state index in [1.165, 1.54) is 18.2 Å². The van der Waals surface area contributed by atoms with Crippen LogP contribution in [0, 0.1) is 6.92 Å². The Hall–Kier alpha value is -3.19. The van der Waals surface area contributed by atoms with Crippen LogP contribution >= 0.6 is 11.6 Å². The number of rotatable bonds is 7. The van der Waals surface area contributed by atoms with E-state index in [0.717, 1.165) is 11.3 Å². The van der Waals surface area contributed by atoms with Crippen LogP contribution in [0.15, 0.2) is 60.7 Å². The van der Waals surface area contributed by atoms with Gasteiger partial charge in [0.05, 0.1) is 6.54 Å². The highest BCUT2D eigenvalue weighted by atomic mass is 35.5. The van der Waals surface area contributed by atoms with Crippen molar-refractivity contribution in [3.05, 3.63) is 82.5 Å². The van der Waals surface area contributed by atoms with Gasteiger partial charge in [-0.1, -0.05) is 41.9 Å². The number of hydrogen-bond donors (Lipinski definition) is 1. The number of anilines is 1. The molecule has 0 atom stereocenters. The molecule has 29 heavy (non-hydrogen) atoms. The van der Waals surface area contributed by atoms with Crippen molar-refractivity contribution in [3.8, 4) is 5.75 Å². The molecule has 5 nitrogen and oxygen atoms in total. The van der Waals surface area contributed by atoms with Crippen molar-refractivity contribution in [1.29, 1.82) is 0 Å². The van der Waals surface area contributed by atoms with Crippen LogP contribution < -0.4 is 10.1 Å². The molecule has 0 fully saturated rings. The Morgan fingerprint density at radius 2 is 1.97 bits per heavy atom. The summed E-state index contributed by atoms with van der Waals surface area (Å²) in [5.74, 6) is 0.117. The number of benzene rings is 2. The molecule has 150 valence electrons. The first-order valence-electron chi connectivity index (χ1n) is 8.72. The van der Waals surface area contributed by atoms with Crippen LogP contribution in [0.4, 0.5) is 14.6 Å². The Bertz CT molecular complexity index is 1020. The average Bonchev–Trinajstić information content (AvgIpc) is 3.01. The second-order valence-corrected chi connectivity index (χ2v) is 6.60. The maximum Gasteiger partial charge on any atom is 0.387 e. The fourth-order valence-electron chi connectivity index (χ4n) is 2.62. The zero-order valence-electron chi connectivity index (χ0n) is 15.5. The van der Waals surface area contributed by atoms with Gasteiger partial charge in [-0.3, -0.25) is 9.48 Å². The third kappa shape index (κ3) is 5.89. The molecule has 3 rings (SSSR count). The van der Waals surface area contributed by atoms with Crippen molar-refractivity contribution < 1.29 is 18.3 Å². The van der Waals surface area contributed by atoms with Crippen molar-refractivity contribution >= 4 is 29.4 Å². The number of carbonyl (C=O) groups excluding carboxylic acids is 1. The quantitative estimate of drug-likeness (QED) is 0.541. The maximum atomic E-state index is 12.2. The SMILES string of the molecule is Cc1cc(NC(=O)/C=C\c2ccc(OC(F)F)cc2)nn1Cc1ccccc1Cl. The third-order valence-corrected chi connectivity index (χ3v) is 4.41. The summed E-state index contributed by atoms with van der Waals surface area (Å²) in [6, 6.07) is 15.2. The number of nitrogens with zero attached hydrogens (tertiary/aromatic N) is 2. The Kier molecular flexibility index (Phi) is 6.61. The van der Waals surface area contributed by atoms with Gasteiger partial charge < -0.3 is 10.1 Å². The normalized spacial score (nSPS) is 11.2. The number of alkyl halides is 2. The number of carbonyl (C=O) groups is 1. The summed E-state index contributed by atoms with van der Waals surface area (Å²) >= 11 is 6.19. The van der Waals surface area contributed by atoms with Gasteiger partial charge in [-0.25, -0.2) is 0 Å². The second-order valence-electron chi connectivity index (χ2n) is 6.19. The lowest BCUT2D eigenvalue weighted by Gasteiger charge is -2.06. The fourth-order valence-corrected chi connectivity index (χ4v) is 2.81. The number of aryl methyl sites for hydroxylation is 1. The molecule has 0 aliphatic heterocycles. The summed E-state index contributed by atoms with van der Waals surface area (Å²) in [5, 5.41) is 7.74. The molecular formula is C21H18ClF2N3O2. The number of ether oxygens (including phenoxy) is 1. The molecule has 0 bridgehead atoms. The minimum absolute atomic E-state index is 0.0566. The van der Waals surface area contributed by atoms with Gasteiger partial charge in [-0.2, -0.15) is 13.9 Å². The third-order valence-electron chi connectivity index (χ3n) is 4.04. The average molecular weight is 418 g/mol. The summed E-state index contributed by atoms with van der Waals surface area (Å²) in [6.07, 6.45) is 2.90. The standard InChI is InChI=1S/C21H18ClF2N3O2/c1-14-12-19(26-27(14)13-16-4-2-3-5-18(16)22)25-20(28)11-8-15-6-9-17(10-7-15)29-21(23)24/h2-12,21H,13H2,1H3,(H,25,26,28)/b11-8-. The molecule has 0 aliphatic rings. The summed E-state index contributed by atoms with van der Waals surface area (Å²) in [5.41, 5.74) is 2.47. The molecule has 0 aliphatic carbocycles. The van der Waals surface area contributed by atoms with Gasteiger partial charge in [0, 0.05) is 22.9 Å². The van der Waals surface area contributed by atoms with Crippen LogP contribution in [-0.4, -0.2) is 22.3 Å². The first-order chi connectivity index (χ1) is 13.9. The van der Waals surface area contributed by atoms with Crippen molar-refractivity contribution in [2.45, 2.75) is 20.1 Å². The van der Waals surface area contributed by atoms with Crippen LogP contribution in [0.1, 0.15) is 16.8 Å². The first-order valence-corrected chi connectivity index (χ1v) is 9.10. The number of aromatic nitrogens is 2. The zero-order chi connectivity index (χ0) is 20.8. The molecule has 0 radical (unpaired) electrons. The van der Waals surface area contributed by atoms with Crippen molar-refractivity contribution in [2.75, 3.05) is 5.32 Å². The van der Waals surface area contributed by atoms with E-state index in [9.17, 15) is 13.6 Å². The molecule has 0 saturated heterocycles. The molecule has 1 N–H and O–H groups in total. The number of nitrogens with one attached hydrogen (secondary N) is 1. The Morgan fingerprint density at radius 3 is 2.66 bits per heavy atom. The molecule has 1 heterocycles. The zero-order valence-corrected chi connectivity index (χ0v) is 16.2. The van der Waals surface area contributed by atoms with E-state index in [1.807, 2.05) is 31.2 Å². The molecule has 1 aromatic heterocycles. The van der Waals surface area contributed by atoms with Crippen molar-refractivity contribution in [3.63, 3.8) is 0 Å². The molecule has 0 spiro atoms. The Labute approximate surface area is 171 Å². The topological polar surface area (TPSA) is 56.1 Å². The minimum Gasteiger partial charge on any atom is -0.435 e. The largest absolute Gasteiger partial charge is 0.435 e. The van der Waals surface area contributed by atoms with Crippen molar-refractivity contribution in [1.82, 2.24) is 9.78 Å². The van der Waals surface area contributed by atoms with Crippen LogP contribution in [0.3, 0.4) is 0 Å². The second kappa shape index (κ2) is 9.34. The lowest BCUT2D eigenvalue weighted by Crippen LogP contribution is -2.09. The van der Waals surface area contributed by atoms with E-state index in [4.69, 9.17) is 11.6 Å². The van der Waals surface area contributed by atoms with Gasteiger partial charge in [0.2, 0.25) is 5.91 Å². The molecular weight excluding hydrogens is 400 g/mol. The van der Waals surface area contributed by atoms with Crippen LogP contribution in [0.25, 0.3) is 6.08 Å². The van der Waals surface area contributed by atoms with Crippen LogP contribution in [0.2, 0.25) is 5.02 Å². The van der Waals surface area contributed by atoms with E-state index in [1.54, 1.807) is 29.0 Å². The van der Waals surface area contributed by atoms with E-state index >= 15 is 0 Å². The Morgan fingerprint density at radius 1 is 1.24 bits per heavy atom. The van der Waals surface area contributed by atoms with Crippen molar-refractivity contribution in [2.24, 2.45) is 0 Å². The lowest BCUT2D eigenvalue weighted by molar-refractivity contribution is -0.111. The summed E-state index contributed by atoms with van der Waals surface area (Å²) in [4.78, 5) is 12.1. The predicted octanol–water partition coefficient (Wildman–Crippen LogP) is 5.15. The molecule has 3 aromatic rings. The van der Waals surface area contributed by atoms with Gasteiger partial charge in [0.1, 0.15) is 5.75 Å². The Balaban J connectivity index is 1.61. The highest BCUT2D eigenvalue weighted by molar-refractivity contribution is 6.31. The lowest BCUT2D eigenvalue weighted by atomic mass is 10.2. The van der Waals surface area contributed by atoms with Gasteiger partial charge >= 0.3 is 6.61 Å². The molecule has 8 heteroatoms. The fraction of sp³-hybridized carbons (Fsp3) is 0.143. The van der Waals surface area contributed by atoms with E-state index in [-0.39, 0.29) is 11.7 Å². The van der Waals surface area contributed by atoms with Crippen LogP contribution in [-0.2, 0) is 11.3 Å². The minimum atomic E-state index is -2.87. The van der Waals surface area contributed by atoms with Gasteiger partial charge in [-0.05, 0) is 42.3 Å². The van der Waals surface area contributed by atoms with E-state index < -0.39 is 6.61 Å². The number of halogens is 3. The summed E-state index contributed by atoms with van der Waals surface area (Å²) < 4.78 is 30.3. The summed E-state index contributed by atoms with van der Waals surface area (Å²) in [7, 11) is 0. The van der Waals surface area contributed by atoms with E-state index in [0.29, 0.717) is 22.9 Å². The van der Waals surface area contributed by atoms with E-state index in [2.05, 4.69) is 15.2 Å². The smallest absolute Gasteiger partial charge is 0.387 e. The van der Waals surface area contributed by atoms with Crippen LogP contribution in [0.5, 0.6) is 5.75 Å². The van der Waals surface area contributed by atoms with Gasteiger partial charge in [0.25, 0.3) is 0 Å². The molecule has 2 aromatic carbocycles. The highest BCUT2D eigenvalue weighted by Crippen LogP contribution is 2.18. The highest BCUT2D eigenvalue weighted by Gasteiger charge is 2.08. The monoisotopic (exact) mass is 417 g/mol. The molecule has 0 unspecified atom stereocenters. The first kappa shape index (κ1) is 20.5. The number of amides is 1. The maximum absolute atomic E-state index is 12.2. The summed E-state index contributed by atoms with van der Waals surface area (Å²) in [6.45, 7) is -0.494. The molecule has 0 saturated carbocycles.